The minimum absolute atomic E-state index is 0.0277. The molecule has 1 aromatic rings. The van der Waals surface area contributed by atoms with E-state index >= 15 is 0 Å². The predicted octanol–water partition coefficient (Wildman–Crippen LogP) is 3.94. The zero-order valence-corrected chi connectivity index (χ0v) is 26.2. The van der Waals surface area contributed by atoms with Crippen molar-refractivity contribution in [3.05, 3.63) is 47.5 Å². The molecule has 7 nitrogen and oxygen atoms in total. The highest BCUT2D eigenvalue weighted by Crippen LogP contribution is 2.29. The molecule has 1 aliphatic heterocycles. The average Bonchev–Trinajstić information content (AvgIpc) is 3.36. The van der Waals surface area contributed by atoms with E-state index in [1.165, 1.54) is 5.56 Å². The molecule has 0 aliphatic carbocycles. The first kappa shape index (κ1) is 33.0. The number of hydrogen-bond acceptors (Lipinski definition) is 5. The number of nitrogens with one attached hydrogen (secondary N) is 2. The lowest BCUT2D eigenvalue weighted by atomic mass is 9.77. The highest BCUT2D eigenvalue weighted by molar-refractivity contribution is 5.93. The van der Waals surface area contributed by atoms with Crippen molar-refractivity contribution in [3.8, 4) is 0 Å². The fraction of sp³-hybridized carbons (Fsp3) is 0.688. The number of carbonyl (C=O) groups excluding carboxylic acids is 2. The van der Waals surface area contributed by atoms with Gasteiger partial charge >= 0.3 is 0 Å². The maximum atomic E-state index is 14.1. The molecule has 0 bridgehead atoms. The summed E-state index contributed by atoms with van der Waals surface area (Å²) in [7, 11) is 3.84. The number of hydrogen-bond donors (Lipinski definition) is 3. The summed E-state index contributed by atoms with van der Waals surface area (Å²) in [6, 6.07) is 10.1. The summed E-state index contributed by atoms with van der Waals surface area (Å²) in [6.07, 6.45) is 3.92. The van der Waals surface area contributed by atoms with Crippen LogP contribution in [0.1, 0.15) is 73.8 Å². The Kier molecular flexibility index (Phi) is 11.8. The third-order valence-electron chi connectivity index (χ3n) is 8.52. The molecule has 1 fully saturated rings. The van der Waals surface area contributed by atoms with Gasteiger partial charge in [0.1, 0.15) is 0 Å². The van der Waals surface area contributed by atoms with Crippen molar-refractivity contribution in [2.24, 2.45) is 17.1 Å². The van der Waals surface area contributed by atoms with Crippen LogP contribution in [-0.4, -0.2) is 79.5 Å². The van der Waals surface area contributed by atoms with E-state index in [2.05, 4.69) is 83.4 Å². The molecule has 1 aliphatic rings. The highest BCUT2D eigenvalue weighted by atomic mass is 16.2. The molecule has 0 aromatic heterocycles. The fourth-order valence-corrected chi connectivity index (χ4v) is 5.79. The van der Waals surface area contributed by atoms with E-state index in [1.54, 1.807) is 0 Å². The van der Waals surface area contributed by atoms with Crippen LogP contribution in [0.3, 0.4) is 0 Å². The minimum atomic E-state index is -0.393. The summed E-state index contributed by atoms with van der Waals surface area (Å²) in [4.78, 5) is 31.0. The maximum Gasteiger partial charge on any atom is 0.249 e. The maximum absolute atomic E-state index is 14.1. The Morgan fingerprint density at radius 3 is 2.28 bits per heavy atom. The van der Waals surface area contributed by atoms with E-state index in [0.29, 0.717) is 18.7 Å². The third kappa shape index (κ3) is 8.15. The van der Waals surface area contributed by atoms with Crippen LogP contribution in [0, 0.1) is 11.3 Å². The van der Waals surface area contributed by atoms with Crippen molar-refractivity contribution in [1.29, 1.82) is 0 Å². The van der Waals surface area contributed by atoms with Gasteiger partial charge in [0.25, 0.3) is 0 Å². The first-order chi connectivity index (χ1) is 18.2. The van der Waals surface area contributed by atoms with Gasteiger partial charge < -0.3 is 26.2 Å². The van der Waals surface area contributed by atoms with Crippen LogP contribution >= 0.6 is 0 Å². The molecule has 4 N–H and O–H groups in total. The van der Waals surface area contributed by atoms with Gasteiger partial charge in [-0.2, -0.15) is 0 Å². The molecule has 4 atom stereocenters. The number of likely N-dealkylation sites (tertiary alicyclic amines) is 1. The summed E-state index contributed by atoms with van der Waals surface area (Å²) in [5, 5.41) is 7.11. The summed E-state index contributed by atoms with van der Waals surface area (Å²) in [5.41, 5.74) is 7.40. The summed E-state index contributed by atoms with van der Waals surface area (Å²) < 4.78 is 0. The van der Waals surface area contributed by atoms with Crippen LogP contribution in [0.5, 0.6) is 0 Å². The summed E-state index contributed by atoms with van der Waals surface area (Å²) in [6.45, 7) is 18.7. The average molecular weight is 542 g/mol. The number of rotatable bonds is 12. The summed E-state index contributed by atoms with van der Waals surface area (Å²) >= 11 is 0. The van der Waals surface area contributed by atoms with Crippen LogP contribution in [0.4, 0.5) is 0 Å². The van der Waals surface area contributed by atoms with Crippen molar-refractivity contribution < 1.29 is 9.59 Å². The zero-order valence-electron chi connectivity index (χ0n) is 26.2. The van der Waals surface area contributed by atoms with Crippen LogP contribution in [0.25, 0.3) is 0 Å². The number of benzene rings is 1. The van der Waals surface area contributed by atoms with Gasteiger partial charge in [-0.25, -0.2) is 0 Å². The SMILES string of the molecule is CN[C@H](CN[C@H](C(=O)N(C)[C@H](/C=C(\C)C(=O)N1CCC[C@H]1CN)C(C)C)C(C)(C)C)C(C)(C)c1ccccc1. The molecular weight excluding hydrogens is 486 g/mol. The number of amides is 2. The molecule has 2 amide bonds. The molecule has 0 saturated carbocycles. The van der Waals surface area contributed by atoms with E-state index < -0.39 is 6.04 Å². The Morgan fingerprint density at radius 2 is 1.77 bits per heavy atom. The van der Waals surface area contributed by atoms with Gasteiger partial charge in [0.05, 0.1) is 12.1 Å². The first-order valence-corrected chi connectivity index (χ1v) is 14.6. The lowest BCUT2D eigenvalue weighted by Gasteiger charge is -2.40. The van der Waals surface area contributed by atoms with Crippen LogP contribution in [0.2, 0.25) is 0 Å². The molecule has 1 saturated heterocycles. The zero-order chi connectivity index (χ0) is 29.5. The topological polar surface area (TPSA) is 90.7 Å². The molecule has 1 heterocycles. The van der Waals surface area contributed by atoms with Crippen molar-refractivity contribution in [2.75, 3.05) is 33.7 Å². The number of nitrogens with zero attached hydrogens (tertiary/aromatic N) is 2. The van der Waals surface area contributed by atoms with Crippen LogP contribution in [-0.2, 0) is 15.0 Å². The van der Waals surface area contributed by atoms with Gasteiger partial charge in [-0.05, 0) is 43.7 Å². The van der Waals surface area contributed by atoms with Gasteiger partial charge in [-0.3, -0.25) is 9.59 Å². The van der Waals surface area contributed by atoms with E-state index in [9.17, 15) is 9.59 Å². The largest absolute Gasteiger partial charge is 0.338 e. The van der Waals surface area contributed by atoms with Gasteiger partial charge in [-0.1, -0.05) is 84.9 Å². The standard InChI is InChI=1S/C32H55N5O2/c1-22(2)26(19-23(3)29(38)37-18-14-17-25(37)20-33)36(10)30(39)28(31(4,5)6)35-21-27(34-9)32(7,8)24-15-12-11-13-16-24/h11-13,15-16,19,22,25-28,34-35H,14,17-18,20-21,33H2,1-10H3/b23-19+/t25-,26+,27+,28+/m0/s1. The molecular formula is C32H55N5O2. The van der Waals surface area contributed by atoms with E-state index in [0.717, 1.165) is 19.4 Å². The Labute approximate surface area is 238 Å². The monoisotopic (exact) mass is 541 g/mol. The van der Waals surface area contributed by atoms with Crippen LogP contribution in [0.15, 0.2) is 42.0 Å². The molecule has 7 heteroatoms. The highest BCUT2D eigenvalue weighted by Gasteiger charge is 2.38. The molecule has 2 rings (SSSR count). The number of carbonyl (C=O) groups is 2. The Morgan fingerprint density at radius 1 is 1.15 bits per heavy atom. The molecule has 1 aromatic carbocycles. The van der Waals surface area contributed by atoms with Crippen molar-refractivity contribution in [1.82, 2.24) is 20.4 Å². The predicted molar refractivity (Wildman–Crippen MR) is 163 cm³/mol. The first-order valence-electron chi connectivity index (χ1n) is 14.6. The molecule has 0 spiro atoms. The normalized spacial score (nSPS) is 19.2. The Bertz CT molecular complexity index is 967. The van der Waals surface area contributed by atoms with Crippen molar-refractivity contribution in [3.63, 3.8) is 0 Å². The van der Waals surface area contributed by atoms with Gasteiger partial charge in [0, 0.05) is 49.8 Å². The summed E-state index contributed by atoms with van der Waals surface area (Å²) in [5.74, 6) is 0.208. The lowest BCUT2D eigenvalue weighted by molar-refractivity contribution is -0.137. The van der Waals surface area contributed by atoms with Gasteiger partial charge in [-0.15, -0.1) is 0 Å². The third-order valence-corrected chi connectivity index (χ3v) is 8.52. The van der Waals surface area contributed by atoms with Crippen molar-refractivity contribution >= 4 is 11.8 Å². The molecule has 39 heavy (non-hydrogen) atoms. The fourth-order valence-electron chi connectivity index (χ4n) is 5.79. The van der Waals surface area contributed by atoms with E-state index in [1.807, 2.05) is 43.0 Å². The van der Waals surface area contributed by atoms with Gasteiger partial charge in [0.15, 0.2) is 0 Å². The quantitative estimate of drug-likeness (QED) is 0.349. The van der Waals surface area contributed by atoms with Crippen LogP contribution < -0.4 is 16.4 Å². The Balaban J connectivity index is 2.25. The smallest absolute Gasteiger partial charge is 0.249 e. The Hall–Kier alpha value is -2.22. The minimum Gasteiger partial charge on any atom is -0.338 e. The lowest BCUT2D eigenvalue weighted by Crippen LogP contribution is -2.59. The molecule has 0 unspecified atom stereocenters. The number of likely N-dealkylation sites (N-methyl/N-ethyl adjacent to an activating group) is 2. The van der Waals surface area contributed by atoms with E-state index in [4.69, 9.17) is 5.73 Å². The second-order valence-corrected chi connectivity index (χ2v) is 13.2. The van der Waals surface area contributed by atoms with E-state index in [-0.39, 0.29) is 46.7 Å². The van der Waals surface area contributed by atoms with Crippen molar-refractivity contribution in [2.45, 2.75) is 97.8 Å². The van der Waals surface area contributed by atoms with Gasteiger partial charge in [0.2, 0.25) is 11.8 Å². The second kappa shape index (κ2) is 13.9. The molecule has 220 valence electrons. The second-order valence-electron chi connectivity index (χ2n) is 13.2. The number of nitrogens with two attached hydrogens (primary N) is 1. The molecule has 0 radical (unpaired) electrons.